The molecule has 0 aromatic carbocycles. The minimum absolute atomic E-state index is 0.0223. The second-order valence-corrected chi connectivity index (χ2v) is 10.5. The average molecular weight is 387 g/mol. The number of unbranched alkanes of at least 4 members (excludes halogenated alkanes) is 2. The van der Waals surface area contributed by atoms with E-state index in [1.807, 2.05) is 6.08 Å². The monoisotopic (exact) mass is 386 g/mol. The van der Waals surface area contributed by atoms with E-state index in [4.69, 9.17) is 4.74 Å². The van der Waals surface area contributed by atoms with Gasteiger partial charge >= 0.3 is 5.97 Å². The van der Waals surface area contributed by atoms with Crippen LogP contribution in [0.3, 0.4) is 0 Å². The van der Waals surface area contributed by atoms with Crippen LogP contribution in [-0.2, 0) is 14.3 Å². The Morgan fingerprint density at radius 2 is 1.89 bits per heavy atom. The van der Waals surface area contributed by atoms with Crippen LogP contribution in [-0.4, -0.2) is 17.9 Å². The van der Waals surface area contributed by atoms with Crippen LogP contribution in [0.1, 0.15) is 97.8 Å². The maximum absolute atomic E-state index is 12.4. The standard InChI is InChI=1S/C25H38O3/c1-4-5-6-7-23(27)28-22-11-10-20-19-9-8-17-16-18(26)12-14-24(17,2)21(19)13-15-25(20,22)3/h16,19-22H,4-15H2,1-3H3/t19-,20-,21+,22+,24+,25+/m1/s1. The number of fused-ring (bicyclic) bond motifs is 5. The Hall–Kier alpha value is -1.12. The first-order valence-electron chi connectivity index (χ1n) is 11.8. The molecule has 4 aliphatic carbocycles. The lowest BCUT2D eigenvalue weighted by Crippen LogP contribution is -2.51. The maximum Gasteiger partial charge on any atom is 0.306 e. The average Bonchev–Trinajstić information content (AvgIpc) is 2.99. The number of carbonyl (C=O) groups excluding carboxylic acids is 2. The third kappa shape index (κ3) is 3.27. The Labute approximate surface area is 170 Å². The van der Waals surface area contributed by atoms with Gasteiger partial charge in [0.1, 0.15) is 6.10 Å². The highest BCUT2D eigenvalue weighted by Gasteiger charge is 2.59. The highest BCUT2D eigenvalue weighted by atomic mass is 16.5. The van der Waals surface area contributed by atoms with Gasteiger partial charge in [-0.05, 0) is 80.6 Å². The van der Waals surface area contributed by atoms with Crippen molar-refractivity contribution in [1.29, 1.82) is 0 Å². The van der Waals surface area contributed by atoms with Gasteiger partial charge in [-0.1, -0.05) is 39.2 Å². The summed E-state index contributed by atoms with van der Waals surface area (Å²) in [6.45, 7) is 7.01. The molecule has 3 fully saturated rings. The number of carbonyl (C=O) groups is 2. The van der Waals surface area contributed by atoms with Crippen molar-refractivity contribution in [3.63, 3.8) is 0 Å². The molecule has 0 heterocycles. The number of esters is 1. The van der Waals surface area contributed by atoms with Crippen molar-refractivity contribution >= 4 is 11.8 Å². The van der Waals surface area contributed by atoms with Crippen LogP contribution in [0.4, 0.5) is 0 Å². The summed E-state index contributed by atoms with van der Waals surface area (Å²) in [5, 5.41) is 0. The fraction of sp³-hybridized carbons (Fsp3) is 0.840. The molecule has 0 unspecified atom stereocenters. The Balaban J connectivity index is 1.47. The van der Waals surface area contributed by atoms with Gasteiger partial charge in [-0.3, -0.25) is 9.59 Å². The first-order valence-corrected chi connectivity index (χ1v) is 11.8. The lowest BCUT2D eigenvalue weighted by atomic mass is 9.47. The molecular weight excluding hydrogens is 348 g/mol. The molecule has 0 amide bonds. The van der Waals surface area contributed by atoms with E-state index in [1.54, 1.807) is 0 Å². The molecule has 6 atom stereocenters. The molecule has 0 N–H and O–H groups in total. The van der Waals surface area contributed by atoms with Crippen molar-refractivity contribution in [2.24, 2.45) is 28.6 Å². The van der Waals surface area contributed by atoms with Gasteiger partial charge in [-0.2, -0.15) is 0 Å². The summed E-state index contributed by atoms with van der Waals surface area (Å²) in [6.07, 6.45) is 14.6. The predicted octanol–water partition coefficient (Wildman–Crippen LogP) is 6.01. The van der Waals surface area contributed by atoms with E-state index in [2.05, 4.69) is 20.8 Å². The molecular formula is C25H38O3. The van der Waals surface area contributed by atoms with Crippen LogP contribution in [0, 0.1) is 28.6 Å². The molecule has 28 heavy (non-hydrogen) atoms. The number of allylic oxidation sites excluding steroid dienone is 1. The zero-order chi connectivity index (χ0) is 19.9. The molecule has 0 aliphatic heterocycles. The zero-order valence-corrected chi connectivity index (χ0v) is 18.1. The lowest BCUT2D eigenvalue weighted by molar-refractivity contribution is -0.160. The third-order valence-electron chi connectivity index (χ3n) is 9.13. The van der Waals surface area contributed by atoms with Gasteiger partial charge in [0, 0.05) is 18.3 Å². The van der Waals surface area contributed by atoms with Crippen LogP contribution in [0.2, 0.25) is 0 Å². The van der Waals surface area contributed by atoms with E-state index >= 15 is 0 Å². The van der Waals surface area contributed by atoms with Crippen molar-refractivity contribution < 1.29 is 14.3 Å². The molecule has 0 aromatic rings. The van der Waals surface area contributed by atoms with Gasteiger partial charge in [0.25, 0.3) is 0 Å². The summed E-state index contributed by atoms with van der Waals surface area (Å²) in [6, 6.07) is 0. The molecule has 0 aromatic heterocycles. The second kappa shape index (κ2) is 7.61. The van der Waals surface area contributed by atoms with Gasteiger partial charge in [-0.15, -0.1) is 0 Å². The SMILES string of the molecule is CCCCCC(=O)O[C@H]1CC[C@@H]2[C@H]3CCC4=CC(=O)CC[C@]4(C)[C@H]3CC[C@]12C. The van der Waals surface area contributed by atoms with Gasteiger partial charge in [0.05, 0.1) is 0 Å². The fourth-order valence-corrected chi connectivity index (χ4v) is 7.44. The Kier molecular flexibility index (Phi) is 5.48. The van der Waals surface area contributed by atoms with Crippen LogP contribution < -0.4 is 0 Å². The minimum Gasteiger partial charge on any atom is -0.462 e. The van der Waals surface area contributed by atoms with Crippen LogP contribution in [0.5, 0.6) is 0 Å². The molecule has 3 nitrogen and oxygen atoms in total. The van der Waals surface area contributed by atoms with Crippen molar-refractivity contribution in [3.8, 4) is 0 Å². The summed E-state index contributed by atoms with van der Waals surface area (Å²) in [7, 11) is 0. The van der Waals surface area contributed by atoms with Gasteiger partial charge in [-0.25, -0.2) is 0 Å². The van der Waals surface area contributed by atoms with Crippen molar-refractivity contribution in [2.75, 3.05) is 0 Å². The lowest BCUT2D eigenvalue weighted by Gasteiger charge is -2.57. The molecule has 4 rings (SSSR count). The molecule has 156 valence electrons. The second-order valence-electron chi connectivity index (χ2n) is 10.5. The smallest absolute Gasteiger partial charge is 0.306 e. The number of hydrogen-bond acceptors (Lipinski definition) is 3. The largest absolute Gasteiger partial charge is 0.462 e. The molecule has 0 radical (unpaired) electrons. The number of hydrogen-bond donors (Lipinski definition) is 0. The first-order chi connectivity index (χ1) is 13.4. The summed E-state index contributed by atoms with van der Waals surface area (Å²) < 4.78 is 6.06. The summed E-state index contributed by atoms with van der Waals surface area (Å²) >= 11 is 0. The molecule has 0 spiro atoms. The minimum atomic E-state index is 0.0223. The van der Waals surface area contributed by atoms with Gasteiger partial charge in [0.2, 0.25) is 0 Å². The van der Waals surface area contributed by atoms with E-state index in [9.17, 15) is 9.59 Å². The van der Waals surface area contributed by atoms with Crippen molar-refractivity contribution in [1.82, 2.24) is 0 Å². The molecule has 3 heteroatoms. The van der Waals surface area contributed by atoms with E-state index in [0.29, 0.717) is 24.0 Å². The van der Waals surface area contributed by atoms with Gasteiger partial charge < -0.3 is 4.74 Å². The van der Waals surface area contributed by atoms with E-state index in [-0.39, 0.29) is 22.9 Å². The number of rotatable bonds is 5. The number of ether oxygens (including phenoxy) is 1. The van der Waals surface area contributed by atoms with Crippen LogP contribution in [0.15, 0.2) is 11.6 Å². The van der Waals surface area contributed by atoms with Crippen molar-refractivity contribution in [2.45, 2.75) is 104 Å². The van der Waals surface area contributed by atoms with Crippen LogP contribution in [0.25, 0.3) is 0 Å². The van der Waals surface area contributed by atoms with Crippen molar-refractivity contribution in [3.05, 3.63) is 11.6 Å². The highest BCUT2D eigenvalue weighted by molar-refractivity contribution is 5.91. The topological polar surface area (TPSA) is 43.4 Å². The quantitative estimate of drug-likeness (QED) is 0.429. The normalized spacial score (nSPS) is 42.2. The number of ketones is 1. The van der Waals surface area contributed by atoms with E-state index < -0.39 is 0 Å². The highest BCUT2D eigenvalue weighted by Crippen LogP contribution is 2.65. The first kappa shape index (κ1) is 20.2. The molecule has 3 saturated carbocycles. The van der Waals surface area contributed by atoms with Crippen LogP contribution >= 0.6 is 0 Å². The van der Waals surface area contributed by atoms with E-state index in [0.717, 1.165) is 50.9 Å². The predicted molar refractivity (Wildman–Crippen MR) is 111 cm³/mol. The summed E-state index contributed by atoms with van der Waals surface area (Å²) in [4.78, 5) is 24.4. The maximum atomic E-state index is 12.4. The molecule has 0 bridgehead atoms. The third-order valence-corrected chi connectivity index (χ3v) is 9.13. The van der Waals surface area contributed by atoms with E-state index in [1.165, 1.54) is 31.3 Å². The van der Waals surface area contributed by atoms with Gasteiger partial charge in [0.15, 0.2) is 5.78 Å². The summed E-state index contributed by atoms with van der Waals surface area (Å²) in [5.41, 5.74) is 1.82. The molecule has 4 aliphatic rings. The summed E-state index contributed by atoms with van der Waals surface area (Å²) in [5.74, 6) is 2.47. The zero-order valence-electron chi connectivity index (χ0n) is 18.1. The Morgan fingerprint density at radius 3 is 2.68 bits per heavy atom. The Morgan fingerprint density at radius 1 is 1.07 bits per heavy atom. The fourth-order valence-electron chi connectivity index (χ4n) is 7.44. The Bertz CT molecular complexity index is 665. The molecule has 0 saturated heterocycles.